The fraction of sp³-hybridized carbons (Fsp3) is 0.130. The summed E-state index contributed by atoms with van der Waals surface area (Å²) in [6.07, 6.45) is 1.54. The third kappa shape index (κ3) is 4.64. The number of benzene rings is 2. The first-order chi connectivity index (χ1) is 13.9. The van der Waals surface area contributed by atoms with Gasteiger partial charge in [-0.25, -0.2) is 4.39 Å². The molecule has 6 heteroatoms. The molecule has 0 aliphatic rings. The second-order valence-corrected chi connectivity index (χ2v) is 7.51. The van der Waals surface area contributed by atoms with Gasteiger partial charge in [0.2, 0.25) is 0 Å². The van der Waals surface area contributed by atoms with Crippen molar-refractivity contribution in [3.63, 3.8) is 0 Å². The van der Waals surface area contributed by atoms with Crippen LogP contribution in [0.3, 0.4) is 0 Å². The normalized spacial score (nSPS) is 11.2. The van der Waals surface area contributed by atoms with Crippen molar-refractivity contribution in [3.8, 4) is 11.8 Å². The predicted molar refractivity (Wildman–Crippen MR) is 115 cm³/mol. The summed E-state index contributed by atoms with van der Waals surface area (Å²) in [4.78, 5) is 12.4. The van der Waals surface area contributed by atoms with E-state index < -0.39 is 5.91 Å². The molecule has 0 aliphatic heterocycles. The van der Waals surface area contributed by atoms with Gasteiger partial charge in [0, 0.05) is 22.4 Å². The fourth-order valence-electron chi connectivity index (χ4n) is 3.14. The summed E-state index contributed by atoms with van der Waals surface area (Å²) >= 11 is 3.26. The van der Waals surface area contributed by atoms with Crippen molar-refractivity contribution in [2.45, 2.75) is 20.4 Å². The summed E-state index contributed by atoms with van der Waals surface area (Å²) < 4.78 is 16.9. The molecule has 4 nitrogen and oxygen atoms in total. The Balaban J connectivity index is 1.88. The molecule has 0 atom stereocenters. The molecule has 0 fully saturated rings. The van der Waals surface area contributed by atoms with Gasteiger partial charge in [0.15, 0.2) is 0 Å². The summed E-state index contributed by atoms with van der Waals surface area (Å²) in [6, 6.07) is 18.1. The molecule has 2 aromatic carbocycles. The largest absolute Gasteiger partial charge is 0.347 e. The van der Waals surface area contributed by atoms with Crippen LogP contribution < -0.4 is 5.32 Å². The number of aromatic nitrogens is 1. The third-order valence-electron chi connectivity index (χ3n) is 4.58. The van der Waals surface area contributed by atoms with E-state index in [-0.39, 0.29) is 11.4 Å². The van der Waals surface area contributed by atoms with Crippen molar-refractivity contribution in [3.05, 3.63) is 93.0 Å². The minimum atomic E-state index is -0.448. The highest BCUT2D eigenvalue weighted by molar-refractivity contribution is 9.10. The number of carbonyl (C=O) groups excluding carboxylic acids is 1. The maximum absolute atomic E-state index is 14.4. The van der Waals surface area contributed by atoms with E-state index in [1.54, 1.807) is 16.7 Å². The summed E-state index contributed by atoms with van der Waals surface area (Å²) in [5.74, 6) is -0.811. The molecule has 0 radical (unpaired) electrons. The van der Waals surface area contributed by atoms with E-state index in [1.165, 1.54) is 12.1 Å². The Morgan fingerprint density at radius 3 is 2.59 bits per heavy atom. The highest BCUT2D eigenvalue weighted by Gasteiger charge is 2.15. The summed E-state index contributed by atoms with van der Waals surface area (Å²) in [7, 11) is 0. The average Bonchev–Trinajstić information content (AvgIpc) is 2.98. The van der Waals surface area contributed by atoms with E-state index in [9.17, 15) is 14.4 Å². The smallest absolute Gasteiger partial charge is 0.262 e. The number of amides is 1. The number of nitriles is 1. The Bertz CT molecular complexity index is 1130. The average molecular weight is 452 g/mol. The first-order valence-electron chi connectivity index (χ1n) is 8.99. The lowest BCUT2D eigenvalue weighted by atomic mass is 10.1. The number of hydrogen-bond acceptors (Lipinski definition) is 2. The molecule has 1 heterocycles. The molecule has 0 spiro atoms. The van der Waals surface area contributed by atoms with E-state index in [2.05, 4.69) is 21.2 Å². The van der Waals surface area contributed by atoms with E-state index in [0.29, 0.717) is 22.3 Å². The Kier molecular flexibility index (Phi) is 6.30. The molecule has 0 saturated carbocycles. The maximum Gasteiger partial charge on any atom is 0.262 e. The first kappa shape index (κ1) is 20.6. The van der Waals surface area contributed by atoms with Crippen LogP contribution in [0.15, 0.2) is 64.6 Å². The lowest BCUT2D eigenvalue weighted by molar-refractivity contribution is -0.117. The molecule has 146 valence electrons. The first-order valence-corrected chi connectivity index (χ1v) is 9.78. The number of nitrogens with zero attached hydrogens (tertiary/aromatic N) is 2. The number of carbonyl (C=O) groups is 1. The summed E-state index contributed by atoms with van der Waals surface area (Å²) in [5, 5.41) is 12.2. The van der Waals surface area contributed by atoms with Gasteiger partial charge in [0.1, 0.15) is 17.5 Å². The van der Waals surface area contributed by atoms with Crippen molar-refractivity contribution in [2.75, 3.05) is 0 Å². The van der Waals surface area contributed by atoms with Crippen molar-refractivity contribution < 1.29 is 9.18 Å². The number of nitrogens with one attached hydrogen (secondary N) is 1. The lowest BCUT2D eigenvalue weighted by Gasteiger charge is -2.11. The van der Waals surface area contributed by atoms with Crippen LogP contribution in [0.2, 0.25) is 0 Å². The molecular formula is C23H19BrFN3O. The van der Waals surface area contributed by atoms with Gasteiger partial charge in [-0.05, 0) is 55.3 Å². The zero-order valence-electron chi connectivity index (χ0n) is 16.0. The van der Waals surface area contributed by atoms with Gasteiger partial charge in [-0.2, -0.15) is 5.26 Å². The Morgan fingerprint density at radius 2 is 1.93 bits per heavy atom. The monoisotopic (exact) mass is 451 g/mol. The van der Waals surface area contributed by atoms with Crippen LogP contribution in [-0.4, -0.2) is 10.5 Å². The SMILES string of the molecule is Cc1cc(/C=C(\C#N)C(=O)NCc2ccccc2)c(C)n1-c1ccc(Br)cc1F. The Hall–Kier alpha value is -3.17. The molecule has 0 bridgehead atoms. The number of aryl methyl sites for hydroxylation is 1. The maximum atomic E-state index is 14.4. The molecule has 1 N–H and O–H groups in total. The van der Waals surface area contributed by atoms with E-state index in [0.717, 1.165) is 17.0 Å². The van der Waals surface area contributed by atoms with Crippen LogP contribution in [0.4, 0.5) is 4.39 Å². The summed E-state index contributed by atoms with van der Waals surface area (Å²) in [6.45, 7) is 4.02. The highest BCUT2D eigenvalue weighted by Crippen LogP contribution is 2.26. The molecule has 1 aromatic heterocycles. The van der Waals surface area contributed by atoms with E-state index >= 15 is 0 Å². The molecular weight excluding hydrogens is 433 g/mol. The van der Waals surface area contributed by atoms with Gasteiger partial charge in [-0.1, -0.05) is 46.3 Å². The Labute approximate surface area is 177 Å². The molecule has 29 heavy (non-hydrogen) atoms. The lowest BCUT2D eigenvalue weighted by Crippen LogP contribution is -2.23. The van der Waals surface area contributed by atoms with Gasteiger partial charge in [0.05, 0.1) is 5.69 Å². The van der Waals surface area contributed by atoms with Crippen LogP contribution in [0.5, 0.6) is 0 Å². The number of hydrogen-bond donors (Lipinski definition) is 1. The van der Waals surface area contributed by atoms with Crippen molar-refractivity contribution in [1.82, 2.24) is 9.88 Å². The Morgan fingerprint density at radius 1 is 1.21 bits per heavy atom. The fourth-order valence-corrected chi connectivity index (χ4v) is 3.48. The zero-order valence-corrected chi connectivity index (χ0v) is 17.6. The molecule has 0 unspecified atom stereocenters. The van der Waals surface area contributed by atoms with Gasteiger partial charge >= 0.3 is 0 Å². The van der Waals surface area contributed by atoms with E-state index in [4.69, 9.17) is 0 Å². The minimum Gasteiger partial charge on any atom is -0.347 e. The van der Waals surface area contributed by atoms with Gasteiger partial charge in [0.25, 0.3) is 5.91 Å². The van der Waals surface area contributed by atoms with Crippen molar-refractivity contribution >= 4 is 27.9 Å². The second-order valence-electron chi connectivity index (χ2n) is 6.60. The van der Waals surface area contributed by atoms with Crippen LogP contribution in [0.1, 0.15) is 22.5 Å². The van der Waals surface area contributed by atoms with Crippen LogP contribution >= 0.6 is 15.9 Å². The van der Waals surface area contributed by atoms with E-state index in [1.807, 2.05) is 56.3 Å². The third-order valence-corrected chi connectivity index (χ3v) is 5.07. The van der Waals surface area contributed by atoms with Crippen LogP contribution in [0.25, 0.3) is 11.8 Å². The van der Waals surface area contributed by atoms with Gasteiger partial charge in [-0.3, -0.25) is 4.79 Å². The van der Waals surface area contributed by atoms with Gasteiger partial charge in [-0.15, -0.1) is 0 Å². The van der Waals surface area contributed by atoms with Gasteiger partial charge < -0.3 is 9.88 Å². The predicted octanol–water partition coefficient (Wildman–Crippen LogP) is 5.22. The standard InChI is InChI=1S/C23H19BrFN3O/c1-15-10-18(16(2)28(15)22-9-8-20(24)12-21(22)25)11-19(13-26)23(29)27-14-17-6-4-3-5-7-17/h3-12H,14H2,1-2H3,(H,27,29)/b19-11+. The molecule has 0 aliphatic carbocycles. The quantitative estimate of drug-likeness (QED) is 0.426. The van der Waals surface area contributed by atoms with Crippen LogP contribution in [-0.2, 0) is 11.3 Å². The number of halogens is 2. The van der Waals surface area contributed by atoms with Crippen molar-refractivity contribution in [2.24, 2.45) is 0 Å². The minimum absolute atomic E-state index is 0.00235. The molecule has 0 saturated heterocycles. The molecule has 3 aromatic rings. The number of rotatable bonds is 5. The zero-order chi connectivity index (χ0) is 21.0. The highest BCUT2D eigenvalue weighted by atomic mass is 79.9. The molecule has 3 rings (SSSR count). The molecule has 1 amide bonds. The second kappa shape index (κ2) is 8.89. The van der Waals surface area contributed by atoms with Crippen LogP contribution in [0, 0.1) is 31.0 Å². The van der Waals surface area contributed by atoms with Crippen molar-refractivity contribution in [1.29, 1.82) is 5.26 Å². The summed E-state index contributed by atoms with van der Waals surface area (Å²) in [5.41, 5.74) is 3.59. The topological polar surface area (TPSA) is 57.8 Å².